The van der Waals surface area contributed by atoms with Gasteiger partial charge in [-0.15, -0.1) is 0 Å². The molecule has 0 radical (unpaired) electrons. The van der Waals surface area contributed by atoms with E-state index in [1.54, 1.807) is 28.8 Å². The van der Waals surface area contributed by atoms with Gasteiger partial charge in [0, 0.05) is 29.9 Å². The highest BCUT2D eigenvalue weighted by atomic mass is 32.2. The topological polar surface area (TPSA) is 32.8 Å². The summed E-state index contributed by atoms with van der Waals surface area (Å²) in [6, 6.07) is 6.25. The number of likely N-dealkylation sites (N-methyl/N-ethyl adjacent to an activating group) is 1. The fraction of sp³-hybridized carbons (Fsp3) is 0.533. The van der Waals surface area contributed by atoms with Crippen molar-refractivity contribution in [2.45, 2.75) is 17.9 Å². The van der Waals surface area contributed by atoms with Gasteiger partial charge in [0.05, 0.1) is 0 Å². The van der Waals surface area contributed by atoms with Crippen molar-refractivity contribution >= 4 is 17.7 Å². The molecular formula is C15H20F2N2O2S. The van der Waals surface area contributed by atoms with Crippen LogP contribution >= 0.6 is 11.8 Å². The summed E-state index contributed by atoms with van der Waals surface area (Å²) in [6.45, 7) is -1.60. The van der Waals surface area contributed by atoms with E-state index in [1.165, 1.54) is 12.1 Å². The van der Waals surface area contributed by atoms with Crippen molar-refractivity contribution in [2.75, 3.05) is 33.4 Å². The highest BCUT2D eigenvalue weighted by Gasteiger charge is 2.36. The molecule has 1 heterocycles. The largest absolute Gasteiger partial charge is 0.435 e. The number of benzene rings is 1. The van der Waals surface area contributed by atoms with Gasteiger partial charge in [0.15, 0.2) is 0 Å². The molecule has 1 amide bonds. The fourth-order valence-electron chi connectivity index (χ4n) is 2.64. The molecule has 1 fully saturated rings. The van der Waals surface area contributed by atoms with Gasteiger partial charge < -0.3 is 14.5 Å². The van der Waals surface area contributed by atoms with E-state index in [0.717, 1.165) is 0 Å². The average Bonchev–Trinajstić information content (AvgIpc) is 2.90. The molecule has 1 aliphatic rings. The third-order valence-corrected chi connectivity index (χ3v) is 4.87. The van der Waals surface area contributed by atoms with E-state index in [-0.39, 0.29) is 11.7 Å². The quantitative estimate of drug-likeness (QED) is 0.830. The van der Waals surface area contributed by atoms with Crippen LogP contribution in [-0.2, 0) is 0 Å². The van der Waals surface area contributed by atoms with Crippen LogP contribution in [0.1, 0.15) is 10.4 Å². The summed E-state index contributed by atoms with van der Waals surface area (Å²) in [5, 5.41) is 0.347. The summed E-state index contributed by atoms with van der Waals surface area (Å²) in [6.07, 6.45) is 2.03. The number of alkyl halides is 2. The Labute approximate surface area is 133 Å². The van der Waals surface area contributed by atoms with Crippen molar-refractivity contribution < 1.29 is 18.3 Å². The zero-order valence-electron chi connectivity index (χ0n) is 12.8. The molecule has 2 rings (SSSR count). The Bertz CT molecular complexity index is 528. The molecule has 1 saturated heterocycles. The van der Waals surface area contributed by atoms with Gasteiger partial charge in [-0.3, -0.25) is 4.79 Å². The maximum Gasteiger partial charge on any atom is 0.387 e. The summed E-state index contributed by atoms with van der Waals surface area (Å²) in [7, 11) is 4.00. The SMILES string of the molecule is CSC1CN(C(=O)c2cccc(OC(F)F)c2)CC1N(C)C. The molecule has 22 heavy (non-hydrogen) atoms. The molecule has 1 aliphatic heterocycles. The van der Waals surface area contributed by atoms with Crippen molar-refractivity contribution in [3.63, 3.8) is 0 Å². The first-order valence-electron chi connectivity index (χ1n) is 6.95. The van der Waals surface area contributed by atoms with Crippen LogP contribution in [0.15, 0.2) is 24.3 Å². The first kappa shape index (κ1) is 17.0. The molecule has 4 nitrogen and oxygen atoms in total. The first-order valence-corrected chi connectivity index (χ1v) is 8.24. The molecule has 7 heteroatoms. The predicted octanol–water partition coefficient (Wildman–Crippen LogP) is 2.41. The average molecular weight is 330 g/mol. The summed E-state index contributed by atoms with van der Waals surface area (Å²) in [4.78, 5) is 16.5. The molecule has 0 aliphatic carbocycles. The Morgan fingerprint density at radius 2 is 2.14 bits per heavy atom. The molecule has 0 spiro atoms. The van der Waals surface area contributed by atoms with Crippen molar-refractivity contribution in [1.82, 2.24) is 9.80 Å². The summed E-state index contributed by atoms with van der Waals surface area (Å²) in [5.74, 6) is -0.145. The van der Waals surface area contributed by atoms with E-state index in [1.807, 2.05) is 20.4 Å². The Balaban J connectivity index is 2.12. The number of likely N-dealkylation sites (tertiary alicyclic amines) is 1. The van der Waals surface area contributed by atoms with Gasteiger partial charge in [0.2, 0.25) is 0 Å². The molecule has 0 bridgehead atoms. The van der Waals surface area contributed by atoms with Gasteiger partial charge in [-0.25, -0.2) is 0 Å². The zero-order valence-corrected chi connectivity index (χ0v) is 13.6. The van der Waals surface area contributed by atoms with Crippen LogP contribution in [0, 0.1) is 0 Å². The van der Waals surface area contributed by atoms with Crippen molar-refractivity contribution in [3.05, 3.63) is 29.8 Å². The Morgan fingerprint density at radius 1 is 1.41 bits per heavy atom. The molecule has 0 aromatic heterocycles. The third kappa shape index (κ3) is 3.89. The van der Waals surface area contributed by atoms with E-state index in [0.29, 0.717) is 29.9 Å². The van der Waals surface area contributed by atoms with Crippen LogP contribution in [0.4, 0.5) is 8.78 Å². The molecule has 0 saturated carbocycles. The lowest BCUT2D eigenvalue weighted by Crippen LogP contribution is -2.37. The van der Waals surface area contributed by atoms with E-state index in [2.05, 4.69) is 9.64 Å². The van der Waals surface area contributed by atoms with Crippen LogP contribution in [0.2, 0.25) is 0 Å². The number of nitrogens with zero attached hydrogens (tertiary/aromatic N) is 2. The van der Waals surface area contributed by atoms with Crippen LogP contribution in [-0.4, -0.2) is 67.1 Å². The maximum absolute atomic E-state index is 12.6. The number of carbonyl (C=O) groups is 1. The molecular weight excluding hydrogens is 310 g/mol. The minimum atomic E-state index is -2.89. The molecule has 0 N–H and O–H groups in total. The first-order chi connectivity index (χ1) is 10.4. The third-order valence-electron chi connectivity index (χ3n) is 3.80. The summed E-state index contributed by atoms with van der Waals surface area (Å²) in [5.41, 5.74) is 0.373. The van der Waals surface area contributed by atoms with Gasteiger partial charge in [0.1, 0.15) is 5.75 Å². The minimum Gasteiger partial charge on any atom is -0.435 e. The van der Waals surface area contributed by atoms with Crippen LogP contribution in [0.3, 0.4) is 0 Å². The van der Waals surface area contributed by atoms with Crippen molar-refractivity contribution in [2.24, 2.45) is 0 Å². The lowest BCUT2D eigenvalue weighted by Gasteiger charge is -2.23. The van der Waals surface area contributed by atoms with E-state index < -0.39 is 6.61 Å². The fourth-order valence-corrected chi connectivity index (χ4v) is 3.61. The Morgan fingerprint density at radius 3 is 2.68 bits per heavy atom. The van der Waals surface area contributed by atoms with Gasteiger partial charge in [-0.1, -0.05) is 6.07 Å². The Kier molecular flexibility index (Phi) is 5.63. The number of halogens is 2. The number of carbonyl (C=O) groups excluding carboxylic acids is 1. The van der Waals surface area contributed by atoms with Crippen LogP contribution in [0.25, 0.3) is 0 Å². The van der Waals surface area contributed by atoms with Crippen LogP contribution < -0.4 is 4.74 Å². The van der Waals surface area contributed by atoms with E-state index >= 15 is 0 Å². The molecule has 2 unspecified atom stereocenters. The second-order valence-corrected chi connectivity index (χ2v) is 6.50. The lowest BCUT2D eigenvalue weighted by atomic mass is 10.2. The van der Waals surface area contributed by atoms with Gasteiger partial charge in [0.25, 0.3) is 5.91 Å². The Hall–Kier alpha value is -1.34. The summed E-state index contributed by atoms with van der Waals surface area (Å²) < 4.78 is 28.9. The number of rotatable bonds is 5. The number of ether oxygens (including phenoxy) is 1. The highest BCUT2D eigenvalue weighted by molar-refractivity contribution is 7.99. The second-order valence-electron chi connectivity index (χ2n) is 5.42. The van der Waals surface area contributed by atoms with Crippen molar-refractivity contribution in [3.8, 4) is 5.75 Å². The normalized spacial score (nSPS) is 21.7. The smallest absolute Gasteiger partial charge is 0.387 e. The minimum absolute atomic E-state index is 0.00521. The molecule has 122 valence electrons. The number of hydrogen-bond acceptors (Lipinski definition) is 4. The standard InChI is InChI=1S/C15H20F2N2O2S/c1-18(2)12-8-19(9-13(12)22-3)14(20)10-5-4-6-11(7-10)21-15(16)17/h4-7,12-13,15H,8-9H2,1-3H3. The summed E-state index contributed by atoms with van der Waals surface area (Å²) >= 11 is 1.74. The number of amides is 1. The van der Waals surface area contributed by atoms with Gasteiger partial charge in [-0.2, -0.15) is 20.5 Å². The van der Waals surface area contributed by atoms with Gasteiger partial charge >= 0.3 is 6.61 Å². The molecule has 1 aromatic rings. The highest BCUT2D eigenvalue weighted by Crippen LogP contribution is 2.26. The number of thioether (sulfide) groups is 1. The maximum atomic E-state index is 12.6. The second kappa shape index (κ2) is 7.28. The number of hydrogen-bond donors (Lipinski definition) is 0. The van der Waals surface area contributed by atoms with Crippen LogP contribution in [0.5, 0.6) is 5.75 Å². The monoisotopic (exact) mass is 330 g/mol. The van der Waals surface area contributed by atoms with Crippen molar-refractivity contribution in [1.29, 1.82) is 0 Å². The lowest BCUT2D eigenvalue weighted by molar-refractivity contribution is -0.0499. The van der Waals surface area contributed by atoms with E-state index in [4.69, 9.17) is 0 Å². The van der Waals surface area contributed by atoms with Gasteiger partial charge in [-0.05, 0) is 38.6 Å². The molecule has 2 atom stereocenters. The molecule has 1 aromatic carbocycles. The predicted molar refractivity (Wildman–Crippen MR) is 83.8 cm³/mol. The zero-order chi connectivity index (χ0) is 16.3. The van der Waals surface area contributed by atoms with E-state index in [9.17, 15) is 13.6 Å².